The zero-order valence-corrected chi connectivity index (χ0v) is 14.7. The molecule has 0 bridgehead atoms. The first kappa shape index (κ1) is 17.2. The topological polar surface area (TPSA) is 100 Å². The Hall–Kier alpha value is -3.26. The van der Waals surface area contributed by atoms with Crippen molar-refractivity contribution in [2.24, 2.45) is 0 Å². The standard InChI is InChI=1S/C19H20N6O2/c26-18(21-11-15-9-13-5-1-2-6-14(13)10-20-15)19(27)22-12-17-24-23-16-7-3-4-8-25(16)17/h1-8,15,20H,9-12H2,(H,21,26)(H,22,27). The van der Waals surface area contributed by atoms with E-state index >= 15 is 0 Å². The van der Waals surface area contributed by atoms with Gasteiger partial charge in [0.05, 0.1) is 6.54 Å². The fourth-order valence-corrected chi connectivity index (χ4v) is 3.21. The fourth-order valence-electron chi connectivity index (χ4n) is 3.21. The van der Waals surface area contributed by atoms with Crippen LogP contribution in [-0.2, 0) is 29.1 Å². The minimum atomic E-state index is -0.682. The van der Waals surface area contributed by atoms with Gasteiger partial charge < -0.3 is 16.0 Å². The van der Waals surface area contributed by atoms with E-state index in [9.17, 15) is 9.59 Å². The second-order valence-electron chi connectivity index (χ2n) is 6.49. The van der Waals surface area contributed by atoms with Crippen molar-refractivity contribution in [2.75, 3.05) is 6.54 Å². The molecule has 2 aromatic heterocycles. The molecule has 1 aliphatic heterocycles. The largest absolute Gasteiger partial charge is 0.346 e. The van der Waals surface area contributed by atoms with Crippen LogP contribution in [0.2, 0.25) is 0 Å². The van der Waals surface area contributed by atoms with Crippen LogP contribution in [0, 0.1) is 0 Å². The summed E-state index contributed by atoms with van der Waals surface area (Å²) in [6.07, 6.45) is 2.63. The molecule has 1 unspecified atom stereocenters. The molecule has 0 saturated heterocycles. The summed E-state index contributed by atoms with van der Waals surface area (Å²) in [4.78, 5) is 24.1. The van der Waals surface area contributed by atoms with Crippen molar-refractivity contribution < 1.29 is 9.59 Å². The Labute approximate surface area is 156 Å². The van der Waals surface area contributed by atoms with Crippen LogP contribution in [-0.4, -0.2) is 39.0 Å². The van der Waals surface area contributed by atoms with E-state index < -0.39 is 11.8 Å². The van der Waals surface area contributed by atoms with Crippen LogP contribution < -0.4 is 16.0 Å². The van der Waals surface area contributed by atoms with E-state index in [0.717, 1.165) is 13.0 Å². The van der Waals surface area contributed by atoms with Crippen LogP contribution in [0.4, 0.5) is 0 Å². The molecular weight excluding hydrogens is 344 g/mol. The number of carbonyl (C=O) groups is 2. The second-order valence-corrected chi connectivity index (χ2v) is 6.49. The van der Waals surface area contributed by atoms with Crippen LogP contribution in [0.5, 0.6) is 0 Å². The normalized spacial score (nSPS) is 15.9. The maximum Gasteiger partial charge on any atom is 0.309 e. The highest BCUT2D eigenvalue weighted by atomic mass is 16.2. The summed E-state index contributed by atoms with van der Waals surface area (Å²) in [6, 6.07) is 13.9. The fraction of sp³-hybridized carbons (Fsp3) is 0.263. The summed E-state index contributed by atoms with van der Waals surface area (Å²) in [5.74, 6) is -0.763. The molecule has 1 atom stereocenters. The molecule has 0 radical (unpaired) electrons. The molecule has 2 amide bonds. The van der Waals surface area contributed by atoms with Crippen molar-refractivity contribution >= 4 is 17.5 Å². The van der Waals surface area contributed by atoms with Gasteiger partial charge in [0, 0.05) is 25.3 Å². The number of rotatable bonds is 4. The lowest BCUT2D eigenvalue weighted by Gasteiger charge is -2.26. The van der Waals surface area contributed by atoms with Gasteiger partial charge in [0.2, 0.25) is 0 Å². The molecule has 0 fully saturated rings. The predicted octanol–water partition coefficient (Wildman–Crippen LogP) is 0.176. The van der Waals surface area contributed by atoms with Crippen molar-refractivity contribution in [3.8, 4) is 0 Å². The zero-order chi connectivity index (χ0) is 18.6. The number of fused-ring (bicyclic) bond motifs is 2. The molecule has 138 valence electrons. The molecule has 0 spiro atoms. The van der Waals surface area contributed by atoms with Crippen molar-refractivity contribution in [2.45, 2.75) is 25.6 Å². The van der Waals surface area contributed by atoms with Crippen molar-refractivity contribution in [1.29, 1.82) is 0 Å². The van der Waals surface area contributed by atoms with Crippen molar-refractivity contribution in [3.63, 3.8) is 0 Å². The lowest BCUT2D eigenvalue weighted by molar-refractivity contribution is -0.139. The molecule has 1 aliphatic rings. The molecule has 0 aliphatic carbocycles. The van der Waals surface area contributed by atoms with Crippen LogP contribution >= 0.6 is 0 Å². The quantitative estimate of drug-likeness (QED) is 0.573. The third-order valence-electron chi connectivity index (χ3n) is 4.67. The molecule has 0 saturated carbocycles. The minimum absolute atomic E-state index is 0.108. The Bertz CT molecular complexity index is 983. The van der Waals surface area contributed by atoms with Gasteiger partial charge in [-0.15, -0.1) is 10.2 Å². The van der Waals surface area contributed by atoms with Gasteiger partial charge in [-0.3, -0.25) is 14.0 Å². The summed E-state index contributed by atoms with van der Waals surface area (Å²) < 4.78 is 1.77. The van der Waals surface area contributed by atoms with Crippen LogP contribution in [0.25, 0.3) is 5.65 Å². The molecule has 4 rings (SSSR count). The lowest BCUT2D eigenvalue weighted by Crippen LogP contribution is -2.48. The lowest BCUT2D eigenvalue weighted by atomic mass is 9.96. The van der Waals surface area contributed by atoms with Crippen LogP contribution in [0.3, 0.4) is 0 Å². The minimum Gasteiger partial charge on any atom is -0.346 e. The Morgan fingerprint density at radius 3 is 2.70 bits per heavy atom. The number of nitrogens with zero attached hydrogens (tertiary/aromatic N) is 3. The molecule has 3 N–H and O–H groups in total. The Morgan fingerprint density at radius 2 is 1.81 bits per heavy atom. The third kappa shape index (κ3) is 3.80. The number of amides is 2. The van der Waals surface area contributed by atoms with E-state index in [0.29, 0.717) is 18.0 Å². The summed E-state index contributed by atoms with van der Waals surface area (Å²) in [5, 5.41) is 16.7. The van der Waals surface area contributed by atoms with Gasteiger partial charge in [0.25, 0.3) is 0 Å². The van der Waals surface area contributed by atoms with E-state index in [1.54, 1.807) is 4.40 Å². The van der Waals surface area contributed by atoms with Crippen molar-refractivity contribution in [3.05, 3.63) is 65.6 Å². The predicted molar refractivity (Wildman–Crippen MR) is 98.6 cm³/mol. The van der Waals surface area contributed by atoms with Gasteiger partial charge in [-0.25, -0.2) is 0 Å². The number of carbonyl (C=O) groups excluding carboxylic acids is 2. The van der Waals surface area contributed by atoms with E-state index in [2.05, 4.69) is 38.3 Å². The van der Waals surface area contributed by atoms with Gasteiger partial charge in [-0.1, -0.05) is 30.3 Å². The van der Waals surface area contributed by atoms with E-state index in [4.69, 9.17) is 0 Å². The number of pyridine rings is 1. The highest BCUT2D eigenvalue weighted by molar-refractivity contribution is 6.35. The molecular formula is C19H20N6O2. The summed E-state index contributed by atoms with van der Waals surface area (Å²) in [5.41, 5.74) is 3.24. The van der Waals surface area contributed by atoms with Crippen LogP contribution in [0.1, 0.15) is 17.0 Å². The highest BCUT2D eigenvalue weighted by Gasteiger charge is 2.20. The van der Waals surface area contributed by atoms with Gasteiger partial charge in [0.15, 0.2) is 11.5 Å². The number of aromatic nitrogens is 3. The summed E-state index contributed by atoms with van der Waals surface area (Å²) in [6.45, 7) is 1.30. The SMILES string of the molecule is O=C(NCc1nnc2ccccn12)C(=O)NCC1Cc2ccccc2CN1. The number of hydrogen-bond acceptors (Lipinski definition) is 5. The van der Waals surface area contributed by atoms with Crippen molar-refractivity contribution in [1.82, 2.24) is 30.5 Å². The molecule has 27 heavy (non-hydrogen) atoms. The van der Waals surface area contributed by atoms with E-state index in [1.165, 1.54) is 11.1 Å². The summed E-state index contributed by atoms with van der Waals surface area (Å²) >= 11 is 0. The smallest absolute Gasteiger partial charge is 0.309 e. The molecule has 3 heterocycles. The first-order valence-electron chi connectivity index (χ1n) is 8.85. The van der Waals surface area contributed by atoms with Gasteiger partial charge in [-0.2, -0.15) is 0 Å². The number of nitrogens with one attached hydrogen (secondary N) is 3. The average molecular weight is 364 g/mol. The number of benzene rings is 1. The Balaban J connectivity index is 1.27. The zero-order valence-electron chi connectivity index (χ0n) is 14.7. The average Bonchev–Trinajstić information content (AvgIpc) is 3.13. The molecule has 3 aromatic rings. The summed E-state index contributed by atoms with van der Waals surface area (Å²) in [7, 11) is 0. The van der Waals surface area contributed by atoms with E-state index in [1.807, 2.05) is 36.5 Å². The number of hydrogen-bond donors (Lipinski definition) is 3. The first-order chi connectivity index (χ1) is 13.2. The Morgan fingerprint density at radius 1 is 1.04 bits per heavy atom. The molecule has 8 heteroatoms. The highest BCUT2D eigenvalue weighted by Crippen LogP contribution is 2.15. The third-order valence-corrected chi connectivity index (χ3v) is 4.67. The monoisotopic (exact) mass is 364 g/mol. The maximum absolute atomic E-state index is 12.1. The van der Waals surface area contributed by atoms with E-state index in [-0.39, 0.29) is 12.6 Å². The molecule has 8 nitrogen and oxygen atoms in total. The van der Waals surface area contributed by atoms with Gasteiger partial charge >= 0.3 is 11.8 Å². The van der Waals surface area contributed by atoms with Crippen LogP contribution in [0.15, 0.2) is 48.7 Å². The Kier molecular flexibility index (Phi) is 4.80. The second kappa shape index (κ2) is 7.55. The first-order valence-corrected chi connectivity index (χ1v) is 8.85. The maximum atomic E-state index is 12.1. The van der Waals surface area contributed by atoms with Gasteiger partial charge in [0.1, 0.15) is 0 Å². The van der Waals surface area contributed by atoms with Gasteiger partial charge in [-0.05, 0) is 29.7 Å². The molecule has 1 aromatic carbocycles.